The quantitative estimate of drug-likeness (QED) is 0.627. The van der Waals surface area contributed by atoms with Gasteiger partial charge in [-0.1, -0.05) is 0 Å². The molecule has 0 aromatic carbocycles. The number of nitrogens with zero attached hydrogens (tertiary/aromatic N) is 1. The molecule has 0 saturated heterocycles. The van der Waals surface area contributed by atoms with E-state index in [1.807, 2.05) is 4.72 Å². The molecule has 5 nitrogen and oxygen atoms in total. The van der Waals surface area contributed by atoms with Crippen LogP contribution in [0.2, 0.25) is 0 Å². The zero-order chi connectivity index (χ0) is 9.64. The van der Waals surface area contributed by atoms with Crippen molar-refractivity contribution < 1.29 is 13.2 Å². The first kappa shape index (κ1) is 8.18. The third kappa shape index (κ3) is 1.10. The van der Waals surface area contributed by atoms with Crippen LogP contribution in [0, 0.1) is 6.92 Å². The fourth-order valence-corrected chi connectivity index (χ4v) is 2.33. The maximum atomic E-state index is 11.2. The average molecular weight is 198 g/mol. The van der Waals surface area contributed by atoms with Crippen LogP contribution in [0.3, 0.4) is 0 Å². The molecule has 2 heterocycles. The molecule has 1 aliphatic rings. The Hall–Kier alpha value is -1.43. The van der Waals surface area contributed by atoms with Crippen molar-refractivity contribution in [2.75, 3.05) is 0 Å². The summed E-state index contributed by atoms with van der Waals surface area (Å²) in [4.78, 5) is 14.8. The number of amides is 1. The lowest BCUT2D eigenvalue weighted by Gasteiger charge is -1.94. The standard InChI is InChI=1S/C7H6N2O3S/c1-4-2-5-6(8-3-4)7(10)9-13(5,11)12/h2-3H,1H3,(H,9,10). The highest BCUT2D eigenvalue weighted by Crippen LogP contribution is 2.20. The van der Waals surface area contributed by atoms with E-state index in [4.69, 9.17) is 0 Å². The predicted octanol–water partition coefficient (Wildman–Crippen LogP) is -0.178. The van der Waals surface area contributed by atoms with Gasteiger partial charge < -0.3 is 0 Å². The monoisotopic (exact) mass is 198 g/mol. The molecule has 13 heavy (non-hydrogen) atoms. The van der Waals surface area contributed by atoms with E-state index in [0.717, 1.165) is 0 Å². The van der Waals surface area contributed by atoms with Crippen LogP contribution in [0.4, 0.5) is 0 Å². The number of sulfonamides is 1. The summed E-state index contributed by atoms with van der Waals surface area (Å²) in [5.74, 6) is -0.657. The SMILES string of the molecule is Cc1cnc2c(c1)S(=O)(=O)NC2=O. The van der Waals surface area contributed by atoms with E-state index in [1.165, 1.54) is 12.3 Å². The van der Waals surface area contributed by atoms with Crippen LogP contribution in [-0.2, 0) is 10.0 Å². The summed E-state index contributed by atoms with van der Waals surface area (Å²) < 4.78 is 24.3. The average Bonchev–Trinajstić information content (AvgIpc) is 2.23. The largest absolute Gasteiger partial charge is 0.285 e. The van der Waals surface area contributed by atoms with E-state index < -0.39 is 15.9 Å². The number of fused-ring (bicyclic) bond motifs is 1. The first-order valence-electron chi connectivity index (χ1n) is 3.54. The van der Waals surface area contributed by atoms with Gasteiger partial charge in [-0.3, -0.25) is 4.79 Å². The molecule has 2 rings (SSSR count). The van der Waals surface area contributed by atoms with Gasteiger partial charge in [0.15, 0.2) is 0 Å². The highest BCUT2D eigenvalue weighted by molar-refractivity contribution is 7.90. The summed E-state index contributed by atoms with van der Waals surface area (Å²) in [6.45, 7) is 1.71. The van der Waals surface area contributed by atoms with Crippen molar-refractivity contribution in [3.63, 3.8) is 0 Å². The molecule has 1 aliphatic heterocycles. The normalized spacial score (nSPS) is 18.1. The number of nitrogens with one attached hydrogen (secondary N) is 1. The highest BCUT2D eigenvalue weighted by Gasteiger charge is 2.33. The van der Waals surface area contributed by atoms with Gasteiger partial charge in [0.2, 0.25) is 0 Å². The van der Waals surface area contributed by atoms with E-state index in [9.17, 15) is 13.2 Å². The van der Waals surface area contributed by atoms with E-state index in [-0.39, 0.29) is 10.6 Å². The second-order valence-electron chi connectivity index (χ2n) is 2.79. The summed E-state index contributed by atoms with van der Waals surface area (Å²) in [5.41, 5.74) is 0.685. The molecule has 0 unspecified atom stereocenters. The summed E-state index contributed by atoms with van der Waals surface area (Å²) in [6, 6.07) is 1.43. The van der Waals surface area contributed by atoms with Crippen molar-refractivity contribution in [3.8, 4) is 0 Å². The number of carbonyl (C=O) groups excluding carboxylic acids is 1. The lowest BCUT2D eigenvalue weighted by atomic mass is 10.3. The minimum atomic E-state index is -3.64. The molecule has 0 bridgehead atoms. The van der Waals surface area contributed by atoms with Crippen LogP contribution in [-0.4, -0.2) is 19.3 Å². The number of carbonyl (C=O) groups is 1. The predicted molar refractivity (Wildman–Crippen MR) is 43.6 cm³/mol. The number of rotatable bonds is 0. The minimum Gasteiger partial charge on any atom is -0.266 e. The first-order chi connectivity index (χ1) is 6.00. The van der Waals surface area contributed by atoms with Crippen LogP contribution in [0.25, 0.3) is 0 Å². The number of pyridine rings is 1. The maximum Gasteiger partial charge on any atom is 0.285 e. The molecule has 1 N–H and O–H groups in total. The van der Waals surface area contributed by atoms with Crippen molar-refractivity contribution in [1.29, 1.82) is 0 Å². The smallest absolute Gasteiger partial charge is 0.266 e. The zero-order valence-corrected chi connectivity index (χ0v) is 7.55. The van der Waals surface area contributed by atoms with E-state index in [2.05, 4.69) is 4.98 Å². The van der Waals surface area contributed by atoms with Crippen LogP contribution in [0.15, 0.2) is 17.2 Å². The Morgan fingerprint density at radius 2 is 2.15 bits per heavy atom. The van der Waals surface area contributed by atoms with Crippen molar-refractivity contribution in [2.45, 2.75) is 11.8 Å². The van der Waals surface area contributed by atoms with Crippen molar-refractivity contribution in [1.82, 2.24) is 9.71 Å². The molecule has 0 aliphatic carbocycles. The van der Waals surface area contributed by atoms with E-state index in [1.54, 1.807) is 6.92 Å². The van der Waals surface area contributed by atoms with Crippen LogP contribution in [0.5, 0.6) is 0 Å². The summed E-state index contributed by atoms with van der Waals surface area (Å²) in [5, 5.41) is 0. The van der Waals surface area contributed by atoms with Crippen molar-refractivity contribution in [2.24, 2.45) is 0 Å². The Bertz CT molecular complexity index is 492. The molecule has 1 aromatic heterocycles. The Kier molecular flexibility index (Phi) is 1.44. The molecule has 1 amide bonds. The molecular weight excluding hydrogens is 192 g/mol. The lowest BCUT2D eigenvalue weighted by molar-refractivity contribution is 0.0980. The molecule has 0 radical (unpaired) electrons. The molecule has 0 atom stereocenters. The number of aryl methyl sites for hydroxylation is 1. The zero-order valence-electron chi connectivity index (χ0n) is 6.73. The molecule has 0 spiro atoms. The third-order valence-corrected chi connectivity index (χ3v) is 3.07. The Morgan fingerprint density at radius 1 is 1.46 bits per heavy atom. The minimum absolute atomic E-state index is 0.0226. The van der Waals surface area contributed by atoms with E-state index >= 15 is 0 Å². The van der Waals surface area contributed by atoms with Gasteiger partial charge in [0, 0.05) is 6.20 Å². The van der Waals surface area contributed by atoms with Gasteiger partial charge in [-0.05, 0) is 18.6 Å². The molecule has 0 saturated carbocycles. The van der Waals surface area contributed by atoms with Crippen LogP contribution in [0.1, 0.15) is 16.1 Å². The van der Waals surface area contributed by atoms with Crippen LogP contribution < -0.4 is 4.72 Å². The topological polar surface area (TPSA) is 76.1 Å². The first-order valence-corrected chi connectivity index (χ1v) is 5.03. The fourth-order valence-electron chi connectivity index (χ4n) is 1.14. The second kappa shape index (κ2) is 2.29. The molecule has 6 heteroatoms. The van der Waals surface area contributed by atoms with Gasteiger partial charge in [-0.2, -0.15) is 0 Å². The Labute approximate surface area is 74.8 Å². The van der Waals surface area contributed by atoms with Gasteiger partial charge >= 0.3 is 0 Å². The third-order valence-electron chi connectivity index (χ3n) is 1.72. The lowest BCUT2D eigenvalue weighted by Crippen LogP contribution is -2.20. The summed E-state index contributed by atoms with van der Waals surface area (Å²) in [7, 11) is -3.64. The highest BCUT2D eigenvalue weighted by atomic mass is 32.2. The fraction of sp³-hybridized carbons (Fsp3) is 0.143. The van der Waals surface area contributed by atoms with Crippen LogP contribution >= 0.6 is 0 Å². The number of hydrogen-bond acceptors (Lipinski definition) is 4. The van der Waals surface area contributed by atoms with Crippen molar-refractivity contribution >= 4 is 15.9 Å². The molecule has 68 valence electrons. The van der Waals surface area contributed by atoms with E-state index in [0.29, 0.717) is 5.56 Å². The molecule has 1 aromatic rings. The summed E-state index contributed by atoms with van der Waals surface area (Å²) in [6.07, 6.45) is 1.46. The van der Waals surface area contributed by atoms with Crippen molar-refractivity contribution in [3.05, 3.63) is 23.5 Å². The molecular formula is C7H6N2O3S. The Balaban J connectivity index is 2.81. The second-order valence-corrected chi connectivity index (χ2v) is 4.44. The van der Waals surface area contributed by atoms with Gasteiger partial charge in [0.05, 0.1) is 0 Å². The van der Waals surface area contributed by atoms with Gasteiger partial charge in [0.1, 0.15) is 10.6 Å². The number of hydrogen-bond donors (Lipinski definition) is 1. The Morgan fingerprint density at radius 3 is 2.85 bits per heavy atom. The van der Waals surface area contributed by atoms with Gasteiger partial charge in [0.25, 0.3) is 15.9 Å². The number of aromatic nitrogens is 1. The summed E-state index contributed by atoms with van der Waals surface area (Å²) >= 11 is 0. The van der Waals surface area contributed by atoms with Gasteiger partial charge in [-0.15, -0.1) is 0 Å². The van der Waals surface area contributed by atoms with Gasteiger partial charge in [-0.25, -0.2) is 18.1 Å². The maximum absolute atomic E-state index is 11.2. The molecule has 0 fully saturated rings.